The Bertz CT molecular complexity index is 1130. The Morgan fingerprint density at radius 1 is 1.06 bits per heavy atom. The molecule has 0 spiro atoms. The van der Waals surface area contributed by atoms with E-state index in [1.54, 1.807) is 27.7 Å². The van der Waals surface area contributed by atoms with Crippen LogP contribution in [0, 0.1) is 5.82 Å². The number of halogens is 3. The van der Waals surface area contributed by atoms with Gasteiger partial charge >= 0.3 is 0 Å². The molecule has 0 aliphatic rings. The molecule has 0 aromatic heterocycles. The number of anilines is 1. The molecule has 0 radical (unpaired) electrons. The molecule has 0 fully saturated rings. The number of nitrogens with zero attached hydrogens (tertiary/aromatic N) is 2. The smallest absolute Gasteiger partial charge is 0.244 e. The van der Waals surface area contributed by atoms with E-state index in [-0.39, 0.29) is 22.3 Å². The summed E-state index contributed by atoms with van der Waals surface area (Å²) >= 11 is 12.1. The van der Waals surface area contributed by atoms with Crippen molar-refractivity contribution in [1.29, 1.82) is 0 Å². The van der Waals surface area contributed by atoms with Crippen LogP contribution in [0.1, 0.15) is 33.3 Å². The van der Waals surface area contributed by atoms with E-state index in [9.17, 15) is 22.4 Å². The highest BCUT2D eigenvalue weighted by molar-refractivity contribution is 7.92. The number of rotatable bonds is 8. The van der Waals surface area contributed by atoms with Crippen molar-refractivity contribution in [2.45, 2.75) is 45.8 Å². The van der Waals surface area contributed by atoms with Crippen LogP contribution in [-0.4, -0.2) is 49.5 Å². The van der Waals surface area contributed by atoms with Crippen LogP contribution in [0.5, 0.6) is 0 Å². The number of hydrogen-bond donors (Lipinski definition) is 1. The number of benzene rings is 2. The van der Waals surface area contributed by atoms with E-state index >= 15 is 0 Å². The van der Waals surface area contributed by atoms with Crippen molar-refractivity contribution in [3.05, 3.63) is 63.9 Å². The maximum absolute atomic E-state index is 13.4. The van der Waals surface area contributed by atoms with E-state index in [2.05, 4.69) is 5.32 Å². The summed E-state index contributed by atoms with van der Waals surface area (Å²) in [6.45, 7) is 6.33. The molecule has 7 nitrogen and oxygen atoms in total. The van der Waals surface area contributed by atoms with E-state index in [0.29, 0.717) is 5.56 Å². The average molecular weight is 532 g/mol. The average Bonchev–Trinajstić information content (AvgIpc) is 2.68. The van der Waals surface area contributed by atoms with Crippen LogP contribution in [-0.2, 0) is 26.2 Å². The first kappa shape index (κ1) is 27.9. The van der Waals surface area contributed by atoms with Gasteiger partial charge in [0.2, 0.25) is 21.8 Å². The van der Waals surface area contributed by atoms with Crippen LogP contribution in [0.25, 0.3) is 0 Å². The van der Waals surface area contributed by atoms with Crippen LogP contribution in [0.4, 0.5) is 10.1 Å². The van der Waals surface area contributed by atoms with Gasteiger partial charge in [-0.15, -0.1) is 0 Å². The lowest BCUT2D eigenvalue weighted by molar-refractivity contribution is -0.140. The van der Waals surface area contributed by atoms with Gasteiger partial charge in [0.1, 0.15) is 18.4 Å². The van der Waals surface area contributed by atoms with Crippen LogP contribution in [0.3, 0.4) is 0 Å². The van der Waals surface area contributed by atoms with Crippen molar-refractivity contribution in [3.63, 3.8) is 0 Å². The number of carbonyl (C=O) groups excluding carboxylic acids is 2. The maximum atomic E-state index is 13.4. The lowest BCUT2D eigenvalue weighted by Crippen LogP contribution is -2.54. The molecule has 0 bridgehead atoms. The quantitative estimate of drug-likeness (QED) is 0.552. The lowest BCUT2D eigenvalue weighted by Gasteiger charge is -2.33. The zero-order chi connectivity index (χ0) is 25.8. The fourth-order valence-electron chi connectivity index (χ4n) is 3.14. The molecule has 2 aromatic rings. The fourth-order valence-corrected chi connectivity index (χ4v) is 4.49. The first-order chi connectivity index (χ1) is 15.6. The van der Waals surface area contributed by atoms with E-state index < -0.39 is 45.8 Å². The Hall–Kier alpha value is -2.36. The fraction of sp³-hybridized carbons (Fsp3) is 0.391. The predicted molar refractivity (Wildman–Crippen MR) is 133 cm³/mol. The van der Waals surface area contributed by atoms with Crippen LogP contribution < -0.4 is 9.62 Å². The summed E-state index contributed by atoms with van der Waals surface area (Å²) < 4.78 is 39.3. The van der Waals surface area contributed by atoms with Crippen molar-refractivity contribution >= 4 is 50.7 Å². The van der Waals surface area contributed by atoms with Crippen molar-refractivity contribution in [2.75, 3.05) is 17.1 Å². The molecule has 34 heavy (non-hydrogen) atoms. The molecule has 0 unspecified atom stereocenters. The molecule has 2 aromatic carbocycles. The standard InChI is InChI=1S/C23H28Cl2FN3O4S/c1-15(22(31)27-23(2,3)4)28(13-16-6-8-19(26)9-7-16)21(30)14-29(34(5,32)33)20-11-17(24)10-18(25)12-20/h6-12,15H,13-14H2,1-5H3,(H,27,31)/t15-/m0/s1. The molecule has 1 N–H and O–H groups in total. The molecule has 0 aliphatic carbocycles. The van der Waals surface area contributed by atoms with Crippen LogP contribution in [0.2, 0.25) is 10.0 Å². The van der Waals surface area contributed by atoms with Crippen molar-refractivity contribution in [3.8, 4) is 0 Å². The number of sulfonamides is 1. The molecule has 1 atom stereocenters. The lowest BCUT2D eigenvalue weighted by atomic mass is 10.1. The zero-order valence-electron chi connectivity index (χ0n) is 19.6. The second-order valence-electron chi connectivity index (χ2n) is 8.96. The molecule has 186 valence electrons. The van der Waals surface area contributed by atoms with Crippen molar-refractivity contribution in [2.24, 2.45) is 0 Å². The molecule has 0 aliphatic heterocycles. The monoisotopic (exact) mass is 531 g/mol. The largest absolute Gasteiger partial charge is 0.350 e. The summed E-state index contributed by atoms with van der Waals surface area (Å²) in [6.07, 6.45) is 0.954. The van der Waals surface area contributed by atoms with Crippen molar-refractivity contribution in [1.82, 2.24) is 10.2 Å². The number of carbonyl (C=O) groups is 2. The minimum absolute atomic E-state index is 0.0360. The van der Waals surface area contributed by atoms with Crippen LogP contribution in [0.15, 0.2) is 42.5 Å². The van der Waals surface area contributed by atoms with Gasteiger partial charge in [-0.25, -0.2) is 12.8 Å². The highest BCUT2D eigenvalue weighted by Gasteiger charge is 2.31. The van der Waals surface area contributed by atoms with Crippen LogP contribution >= 0.6 is 23.2 Å². The van der Waals surface area contributed by atoms with Gasteiger partial charge in [0, 0.05) is 22.1 Å². The second-order valence-corrected chi connectivity index (χ2v) is 11.7. The molecule has 0 saturated carbocycles. The minimum Gasteiger partial charge on any atom is -0.350 e. The summed E-state index contributed by atoms with van der Waals surface area (Å²) in [5.74, 6) is -1.50. The third kappa shape index (κ3) is 8.14. The predicted octanol–water partition coefficient (Wildman–Crippen LogP) is 4.23. The molecule has 11 heteroatoms. The first-order valence-electron chi connectivity index (χ1n) is 10.4. The van der Waals surface area contributed by atoms with E-state index in [1.165, 1.54) is 47.4 Å². The summed E-state index contributed by atoms with van der Waals surface area (Å²) in [5, 5.41) is 3.22. The summed E-state index contributed by atoms with van der Waals surface area (Å²) in [5.41, 5.74) is 0.135. The number of hydrogen-bond acceptors (Lipinski definition) is 4. The van der Waals surface area contributed by atoms with Gasteiger partial charge in [-0.1, -0.05) is 35.3 Å². The molecule has 0 heterocycles. The van der Waals surface area contributed by atoms with Crippen molar-refractivity contribution < 1.29 is 22.4 Å². The Balaban J connectivity index is 2.43. The Labute approximate surface area is 209 Å². The van der Waals surface area contributed by atoms with E-state index in [1.807, 2.05) is 0 Å². The molecule has 2 amide bonds. The SMILES string of the molecule is C[C@@H](C(=O)NC(C)(C)C)N(Cc1ccc(F)cc1)C(=O)CN(c1cc(Cl)cc(Cl)c1)S(C)(=O)=O. The Kier molecular flexibility index (Phi) is 8.96. The second kappa shape index (κ2) is 10.9. The molecule has 0 saturated heterocycles. The van der Waals surface area contributed by atoms with Gasteiger partial charge in [0.15, 0.2) is 0 Å². The van der Waals surface area contributed by atoms with Gasteiger partial charge in [-0.05, 0) is 63.6 Å². The minimum atomic E-state index is -3.91. The number of amides is 2. The highest BCUT2D eigenvalue weighted by Crippen LogP contribution is 2.27. The van der Waals surface area contributed by atoms with Gasteiger partial charge in [0.05, 0.1) is 11.9 Å². The van der Waals surface area contributed by atoms with E-state index in [0.717, 1.165) is 10.6 Å². The normalized spacial score (nSPS) is 12.7. The van der Waals surface area contributed by atoms with Gasteiger partial charge in [-0.2, -0.15) is 0 Å². The Morgan fingerprint density at radius 3 is 2.06 bits per heavy atom. The summed E-state index contributed by atoms with van der Waals surface area (Å²) in [7, 11) is -3.91. The van der Waals surface area contributed by atoms with Gasteiger partial charge in [-0.3, -0.25) is 13.9 Å². The number of nitrogens with one attached hydrogen (secondary N) is 1. The zero-order valence-corrected chi connectivity index (χ0v) is 21.9. The highest BCUT2D eigenvalue weighted by atomic mass is 35.5. The molecule has 2 rings (SSSR count). The first-order valence-corrected chi connectivity index (χ1v) is 13.0. The summed E-state index contributed by atoms with van der Waals surface area (Å²) in [4.78, 5) is 27.5. The summed E-state index contributed by atoms with van der Waals surface area (Å²) in [6, 6.07) is 8.73. The molecular weight excluding hydrogens is 504 g/mol. The van der Waals surface area contributed by atoms with Gasteiger partial charge in [0.25, 0.3) is 0 Å². The topological polar surface area (TPSA) is 86.8 Å². The Morgan fingerprint density at radius 2 is 1.59 bits per heavy atom. The van der Waals surface area contributed by atoms with Gasteiger partial charge < -0.3 is 10.2 Å². The van der Waals surface area contributed by atoms with E-state index in [4.69, 9.17) is 23.2 Å². The third-order valence-electron chi connectivity index (χ3n) is 4.75. The third-order valence-corrected chi connectivity index (χ3v) is 6.32. The molecular formula is C23H28Cl2FN3O4S. The maximum Gasteiger partial charge on any atom is 0.244 e.